The van der Waals surface area contributed by atoms with Gasteiger partial charge in [-0.15, -0.1) is 0 Å². The minimum atomic E-state index is -0.445. The Bertz CT molecular complexity index is 334. The van der Waals surface area contributed by atoms with Gasteiger partial charge < -0.3 is 15.0 Å². The number of likely N-dealkylation sites (tertiary alicyclic amines) is 1. The molecule has 20 heavy (non-hydrogen) atoms. The van der Waals surface area contributed by atoms with Gasteiger partial charge in [-0.25, -0.2) is 0 Å². The van der Waals surface area contributed by atoms with Gasteiger partial charge in [0.25, 0.3) is 0 Å². The molecule has 116 valence electrons. The fourth-order valence-corrected chi connectivity index (χ4v) is 3.88. The summed E-state index contributed by atoms with van der Waals surface area (Å²) >= 11 is 0. The van der Waals surface area contributed by atoms with Gasteiger partial charge in [0.1, 0.15) is 5.54 Å². The van der Waals surface area contributed by atoms with E-state index in [1.165, 1.54) is 32.4 Å². The lowest BCUT2D eigenvalue weighted by atomic mass is 9.93. The maximum absolute atomic E-state index is 12.2. The number of carbonyl (C=O) groups excluding carboxylic acids is 1. The second-order valence-corrected chi connectivity index (χ2v) is 6.36. The quantitative estimate of drug-likeness (QED) is 0.785. The number of esters is 1. The second-order valence-electron chi connectivity index (χ2n) is 6.36. The van der Waals surface area contributed by atoms with Gasteiger partial charge in [0.2, 0.25) is 0 Å². The summed E-state index contributed by atoms with van der Waals surface area (Å²) in [5, 5.41) is 3.26. The van der Waals surface area contributed by atoms with E-state index in [1.54, 1.807) is 0 Å². The van der Waals surface area contributed by atoms with Crippen molar-refractivity contribution in [2.75, 3.05) is 26.7 Å². The van der Waals surface area contributed by atoms with Gasteiger partial charge in [0.05, 0.1) is 6.61 Å². The molecule has 2 fully saturated rings. The van der Waals surface area contributed by atoms with Crippen molar-refractivity contribution >= 4 is 5.97 Å². The Labute approximate surface area is 123 Å². The largest absolute Gasteiger partial charge is 0.465 e. The molecular formula is C16H30N2O2. The molecule has 2 aliphatic rings. The summed E-state index contributed by atoms with van der Waals surface area (Å²) < 4.78 is 5.28. The summed E-state index contributed by atoms with van der Waals surface area (Å²) in [5.74, 6) is 0.782. The maximum Gasteiger partial charge on any atom is 0.326 e. The highest BCUT2D eigenvalue weighted by atomic mass is 16.5. The van der Waals surface area contributed by atoms with E-state index in [9.17, 15) is 4.79 Å². The molecule has 0 bridgehead atoms. The molecule has 1 aliphatic carbocycles. The standard InChI is InChI=1S/C16H30N2O2/c1-4-13-7-6-10-18(12-13)14-8-9-16(11-14,17-3)15(19)20-5-2/h13-14,17H,4-12H2,1-3H3. The highest BCUT2D eigenvalue weighted by Gasteiger charge is 2.47. The second kappa shape index (κ2) is 6.90. The summed E-state index contributed by atoms with van der Waals surface area (Å²) in [6.45, 7) is 7.05. The number of nitrogens with one attached hydrogen (secondary N) is 1. The summed E-state index contributed by atoms with van der Waals surface area (Å²) in [5.41, 5.74) is -0.445. The molecule has 0 spiro atoms. The Morgan fingerprint density at radius 1 is 1.40 bits per heavy atom. The fourth-order valence-electron chi connectivity index (χ4n) is 3.88. The SMILES string of the molecule is CCOC(=O)C1(NC)CCC(N2CCCC(CC)C2)C1. The minimum Gasteiger partial charge on any atom is -0.465 e. The van der Waals surface area contributed by atoms with Crippen LogP contribution in [0, 0.1) is 5.92 Å². The summed E-state index contributed by atoms with van der Waals surface area (Å²) in [7, 11) is 1.89. The van der Waals surface area contributed by atoms with Crippen molar-refractivity contribution in [3.05, 3.63) is 0 Å². The van der Waals surface area contributed by atoms with Gasteiger partial charge in [-0.05, 0) is 58.5 Å². The van der Waals surface area contributed by atoms with Crippen molar-refractivity contribution in [3.63, 3.8) is 0 Å². The molecule has 0 aromatic heterocycles. The van der Waals surface area contributed by atoms with Crippen LogP contribution in [0.4, 0.5) is 0 Å². The van der Waals surface area contributed by atoms with Crippen molar-refractivity contribution < 1.29 is 9.53 Å². The molecule has 0 aromatic carbocycles. The maximum atomic E-state index is 12.2. The predicted octanol–water partition coefficient (Wildman–Crippen LogP) is 2.18. The van der Waals surface area contributed by atoms with Gasteiger partial charge in [0.15, 0.2) is 0 Å². The van der Waals surface area contributed by atoms with E-state index < -0.39 is 5.54 Å². The van der Waals surface area contributed by atoms with Crippen LogP contribution in [0.25, 0.3) is 0 Å². The van der Waals surface area contributed by atoms with Gasteiger partial charge in [0, 0.05) is 12.6 Å². The van der Waals surface area contributed by atoms with Crippen molar-refractivity contribution in [1.29, 1.82) is 0 Å². The van der Waals surface area contributed by atoms with Gasteiger partial charge in [-0.3, -0.25) is 4.79 Å². The van der Waals surface area contributed by atoms with Crippen molar-refractivity contribution in [3.8, 4) is 0 Å². The molecular weight excluding hydrogens is 252 g/mol. The first-order chi connectivity index (χ1) is 9.65. The van der Waals surface area contributed by atoms with E-state index >= 15 is 0 Å². The molecule has 1 aliphatic heterocycles. The summed E-state index contributed by atoms with van der Waals surface area (Å²) in [6.07, 6.45) is 6.86. The zero-order chi connectivity index (χ0) is 14.6. The fraction of sp³-hybridized carbons (Fsp3) is 0.938. The number of rotatable bonds is 5. The number of nitrogens with zero attached hydrogens (tertiary/aromatic N) is 1. The molecule has 1 saturated heterocycles. The van der Waals surface area contributed by atoms with E-state index in [-0.39, 0.29) is 5.97 Å². The molecule has 1 N–H and O–H groups in total. The Morgan fingerprint density at radius 2 is 2.20 bits per heavy atom. The van der Waals surface area contributed by atoms with Crippen LogP contribution in [0.3, 0.4) is 0 Å². The number of hydrogen-bond acceptors (Lipinski definition) is 4. The number of likely N-dealkylation sites (N-methyl/N-ethyl adjacent to an activating group) is 1. The van der Waals surface area contributed by atoms with Crippen LogP contribution < -0.4 is 5.32 Å². The molecule has 1 saturated carbocycles. The van der Waals surface area contributed by atoms with Gasteiger partial charge >= 0.3 is 5.97 Å². The minimum absolute atomic E-state index is 0.0611. The van der Waals surface area contributed by atoms with Crippen LogP contribution in [0.5, 0.6) is 0 Å². The van der Waals surface area contributed by atoms with Crippen molar-refractivity contribution in [1.82, 2.24) is 10.2 Å². The summed E-state index contributed by atoms with van der Waals surface area (Å²) in [6, 6.07) is 0.543. The third-order valence-corrected chi connectivity index (χ3v) is 5.28. The van der Waals surface area contributed by atoms with Crippen molar-refractivity contribution in [2.24, 2.45) is 5.92 Å². The van der Waals surface area contributed by atoms with Gasteiger partial charge in [-0.1, -0.05) is 13.3 Å². The molecule has 0 amide bonds. The predicted molar refractivity (Wildman–Crippen MR) is 80.7 cm³/mol. The van der Waals surface area contributed by atoms with E-state index in [1.807, 2.05) is 14.0 Å². The van der Waals surface area contributed by atoms with Crippen molar-refractivity contribution in [2.45, 2.75) is 64.0 Å². The molecule has 4 heteroatoms. The molecule has 1 heterocycles. The first-order valence-corrected chi connectivity index (χ1v) is 8.25. The van der Waals surface area contributed by atoms with E-state index in [4.69, 9.17) is 4.74 Å². The number of ether oxygens (including phenoxy) is 1. The topological polar surface area (TPSA) is 41.6 Å². The van der Waals surface area contributed by atoms with E-state index in [2.05, 4.69) is 17.1 Å². The van der Waals surface area contributed by atoms with Crippen LogP contribution in [0.15, 0.2) is 0 Å². The molecule has 3 unspecified atom stereocenters. The third kappa shape index (κ3) is 3.17. The van der Waals surface area contributed by atoms with E-state index in [0.29, 0.717) is 12.6 Å². The lowest BCUT2D eigenvalue weighted by Crippen LogP contribution is -2.51. The number of piperidine rings is 1. The molecule has 0 aromatic rings. The Kier molecular flexibility index (Phi) is 5.44. The first-order valence-electron chi connectivity index (χ1n) is 8.25. The Balaban J connectivity index is 1.97. The van der Waals surface area contributed by atoms with Gasteiger partial charge in [-0.2, -0.15) is 0 Å². The lowest BCUT2D eigenvalue weighted by Gasteiger charge is -2.37. The smallest absolute Gasteiger partial charge is 0.326 e. The Hall–Kier alpha value is -0.610. The third-order valence-electron chi connectivity index (χ3n) is 5.28. The van der Waals surface area contributed by atoms with Crippen LogP contribution in [-0.4, -0.2) is 49.2 Å². The number of hydrogen-bond donors (Lipinski definition) is 1. The normalized spacial score (nSPS) is 35.1. The molecule has 2 rings (SSSR count). The van der Waals surface area contributed by atoms with Crippen LogP contribution in [0.2, 0.25) is 0 Å². The van der Waals surface area contributed by atoms with Crippen LogP contribution >= 0.6 is 0 Å². The zero-order valence-electron chi connectivity index (χ0n) is 13.3. The van der Waals surface area contributed by atoms with E-state index in [0.717, 1.165) is 25.2 Å². The molecule has 0 radical (unpaired) electrons. The average molecular weight is 282 g/mol. The zero-order valence-corrected chi connectivity index (χ0v) is 13.3. The molecule has 3 atom stereocenters. The van der Waals surface area contributed by atoms with Crippen LogP contribution in [-0.2, 0) is 9.53 Å². The highest BCUT2D eigenvalue weighted by Crippen LogP contribution is 2.36. The molecule has 4 nitrogen and oxygen atoms in total. The average Bonchev–Trinajstić information content (AvgIpc) is 2.93. The first kappa shape index (κ1) is 15.8. The number of carbonyl (C=O) groups is 1. The monoisotopic (exact) mass is 282 g/mol. The highest BCUT2D eigenvalue weighted by molar-refractivity contribution is 5.81. The lowest BCUT2D eigenvalue weighted by molar-refractivity contribution is -0.151. The summed E-state index contributed by atoms with van der Waals surface area (Å²) in [4.78, 5) is 14.9. The Morgan fingerprint density at radius 3 is 2.85 bits per heavy atom. The van der Waals surface area contributed by atoms with Crippen LogP contribution in [0.1, 0.15) is 52.4 Å².